The van der Waals surface area contributed by atoms with Crippen LogP contribution in [0.3, 0.4) is 0 Å². The fourth-order valence-corrected chi connectivity index (χ4v) is 3.44. The van der Waals surface area contributed by atoms with Crippen molar-refractivity contribution in [2.45, 2.75) is 6.92 Å². The lowest BCUT2D eigenvalue weighted by Crippen LogP contribution is -2.18. The van der Waals surface area contributed by atoms with E-state index in [9.17, 15) is 24.5 Å². The van der Waals surface area contributed by atoms with Gasteiger partial charge in [-0.15, -0.1) is 0 Å². The molecule has 0 fully saturated rings. The first-order valence-corrected chi connectivity index (χ1v) is 9.91. The molecule has 3 N–H and O–H groups in total. The molecule has 0 bridgehead atoms. The van der Waals surface area contributed by atoms with Crippen LogP contribution in [0.5, 0.6) is 0 Å². The molecule has 0 aromatic heterocycles. The van der Waals surface area contributed by atoms with Crippen LogP contribution in [0, 0.1) is 17.0 Å². The zero-order chi connectivity index (χ0) is 24.3. The average molecular weight is 446 g/mol. The number of carbonyl (C=O) groups is 3. The van der Waals surface area contributed by atoms with E-state index in [0.29, 0.717) is 22.5 Å². The number of nitrogens with one attached hydrogen (secondary N) is 1. The molecule has 3 aromatic rings. The minimum Gasteiger partial charge on any atom is -0.372 e. The van der Waals surface area contributed by atoms with Crippen molar-refractivity contribution in [3.63, 3.8) is 0 Å². The van der Waals surface area contributed by atoms with Gasteiger partial charge in [0.15, 0.2) is 5.78 Å². The number of nitro benzene ring substituents is 1. The molecule has 9 heteroatoms. The summed E-state index contributed by atoms with van der Waals surface area (Å²) < 4.78 is 0. The van der Waals surface area contributed by atoms with Crippen molar-refractivity contribution < 1.29 is 19.3 Å². The molecule has 0 spiro atoms. The van der Waals surface area contributed by atoms with Gasteiger partial charge in [0.2, 0.25) is 5.91 Å². The fraction of sp³-hybridized carbons (Fsp3) is 0.125. The summed E-state index contributed by atoms with van der Waals surface area (Å²) in [5.41, 5.74) is 7.13. The number of ketones is 1. The van der Waals surface area contributed by atoms with Crippen LogP contribution in [0.25, 0.3) is 0 Å². The van der Waals surface area contributed by atoms with Gasteiger partial charge in [0.1, 0.15) is 5.69 Å². The van der Waals surface area contributed by atoms with Gasteiger partial charge in [-0.2, -0.15) is 0 Å². The van der Waals surface area contributed by atoms with Crippen molar-refractivity contribution >= 4 is 34.7 Å². The lowest BCUT2D eigenvalue weighted by molar-refractivity contribution is -0.384. The van der Waals surface area contributed by atoms with Gasteiger partial charge < -0.3 is 16.0 Å². The zero-order valence-corrected chi connectivity index (χ0v) is 18.3. The summed E-state index contributed by atoms with van der Waals surface area (Å²) in [7, 11) is 3.34. The molecular formula is C24H22N4O5. The van der Waals surface area contributed by atoms with Gasteiger partial charge in [0.25, 0.3) is 11.6 Å². The molecule has 2 amide bonds. The molecule has 0 radical (unpaired) electrons. The number of benzene rings is 3. The van der Waals surface area contributed by atoms with E-state index in [2.05, 4.69) is 5.32 Å². The highest BCUT2D eigenvalue weighted by Gasteiger charge is 2.23. The van der Waals surface area contributed by atoms with Crippen LogP contribution in [0.1, 0.15) is 42.2 Å². The number of amides is 2. The maximum absolute atomic E-state index is 13.2. The SMILES string of the molecule is Cc1cc(NC(=O)c2ccccc2C(=O)c2ccc(N(C)C)c([N+](=O)[O-])c2)ccc1C(N)=O. The Kier molecular flexibility index (Phi) is 6.53. The summed E-state index contributed by atoms with van der Waals surface area (Å²) in [5, 5.41) is 14.2. The Bertz CT molecular complexity index is 1280. The van der Waals surface area contributed by atoms with Gasteiger partial charge in [0, 0.05) is 42.5 Å². The van der Waals surface area contributed by atoms with Crippen LogP contribution >= 0.6 is 0 Å². The normalized spacial score (nSPS) is 10.4. The van der Waals surface area contributed by atoms with Crippen molar-refractivity contribution in [1.29, 1.82) is 0 Å². The molecule has 168 valence electrons. The topological polar surface area (TPSA) is 136 Å². The molecule has 0 unspecified atom stereocenters. The number of nitro groups is 1. The third-order valence-electron chi connectivity index (χ3n) is 5.08. The molecule has 0 heterocycles. The highest BCUT2D eigenvalue weighted by atomic mass is 16.6. The van der Waals surface area contributed by atoms with Crippen molar-refractivity contribution in [2.75, 3.05) is 24.3 Å². The van der Waals surface area contributed by atoms with Gasteiger partial charge in [-0.25, -0.2) is 0 Å². The highest BCUT2D eigenvalue weighted by molar-refractivity contribution is 6.18. The fourth-order valence-electron chi connectivity index (χ4n) is 3.44. The Morgan fingerprint density at radius 1 is 0.939 bits per heavy atom. The molecular weight excluding hydrogens is 424 g/mol. The van der Waals surface area contributed by atoms with E-state index in [1.165, 1.54) is 36.4 Å². The van der Waals surface area contributed by atoms with E-state index < -0.39 is 22.5 Å². The molecule has 3 aromatic carbocycles. The van der Waals surface area contributed by atoms with Gasteiger partial charge >= 0.3 is 0 Å². The predicted octanol–water partition coefficient (Wildman–Crippen LogP) is 3.55. The van der Waals surface area contributed by atoms with Crippen molar-refractivity contribution in [3.05, 3.63) is 98.6 Å². The summed E-state index contributed by atoms with van der Waals surface area (Å²) in [6.45, 7) is 1.69. The molecule has 0 atom stereocenters. The summed E-state index contributed by atoms with van der Waals surface area (Å²) in [6.07, 6.45) is 0. The molecule has 0 saturated carbocycles. The van der Waals surface area contributed by atoms with Crippen LogP contribution in [-0.2, 0) is 0 Å². The zero-order valence-electron chi connectivity index (χ0n) is 18.3. The number of nitrogens with two attached hydrogens (primary N) is 1. The first-order valence-electron chi connectivity index (χ1n) is 9.91. The van der Waals surface area contributed by atoms with E-state index in [1.807, 2.05) is 0 Å². The van der Waals surface area contributed by atoms with E-state index in [4.69, 9.17) is 5.73 Å². The number of primary amides is 1. The first-order chi connectivity index (χ1) is 15.6. The smallest absolute Gasteiger partial charge is 0.293 e. The maximum Gasteiger partial charge on any atom is 0.293 e. The highest BCUT2D eigenvalue weighted by Crippen LogP contribution is 2.29. The first kappa shape index (κ1) is 23.1. The molecule has 0 aliphatic carbocycles. The maximum atomic E-state index is 13.2. The Balaban J connectivity index is 1.95. The molecule has 0 saturated heterocycles. The molecule has 33 heavy (non-hydrogen) atoms. The molecule has 9 nitrogen and oxygen atoms in total. The lowest BCUT2D eigenvalue weighted by Gasteiger charge is -2.14. The standard InChI is InChI=1S/C24H22N4O5/c1-14-12-16(9-10-17(14)23(25)30)26-24(31)19-7-5-4-6-18(19)22(29)15-8-11-20(27(2)3)21(13-15)28(32)33/h4-13H,1-3H3,(H2,25,30)(H,26,31). The summed E-state index contributed by atoms with van der Waals surface area (Å²) >= 11 is 0. The number of rotatable bonds is 7. The van der Waals surface area contributed by atoms with Crippen molar-refractivity contribution in [2.24, 2.45) is 5.73 Å². The second kappa shape index (κ2) is 9.31. The van der Waals surface area contributed by atoms with E-state index >= 15 is 0 Å². The van der Waals surface area contributed by atoms with Gasteiger partial charge in [-0.05, 0) is 48.9 Å². The minimum atomic E-state index is -0.573. The third-order valence-corrected chi connectivity index (χ3v) is 5.08. The van der Waals surface area contributed by atoms with E-state index in [0.717, 1.165) is 0 Å². The average Bonchev–Trinajstić information content (AvgIpc) is 2.77. The second-order valence-electron chi connectivity index (χ2n) is 7.58. The number of hydrogen-bond donors (Lipinski definition) is 2. The monoisotopic (exact) mass is 446 g/mol. The number of carbonyl (C=O) groups excluding carboxylic acids is 3. The second-order valence-corrected chi connectivity index (χ2v) is 7.58. The van der Waals surface area contributed by atoms with Gasteiger partial charge in [-0.1, -0.05) is 18.2 Å². The van der Waals surface area contributed by atoms with Gasteiger partial charge in [-0.3, -0.25) is 24.5 Å². The van der Waals surface area contributed by atoms with Crippen LogP contribution in [0.15, 0.2) is 60.7 Å². The van der Waals surface area contributed by atoms with Crippen molar-refractivity contribution in [3.8, 4) is 0 Å². The number of hydrogen-bond acceptors (Lipinski definition) is 6. The van der Waals surface area contributed by atoms with Crippen LogP contribution in [0.2, 0.25) is 0 Å². The number of anilines is 2. The van der Waals surface area contributed by atoms with Crippen molar-refractivity contribution in [1.82, 2.24) is 0 Å². The Hall–Kier alpha value is -4.53. The summed E-state index contributed by atoms with van der Waals surface area (Å²) in [4.78, 5) is 50.1. The largest absolute Gasteiger partial charge is 0.372 e. The van der Waals surface area contributed by atoms with Gasteiger partial charge in [0.05, 0.1) is 10.5 Å². The number of nitrogens with zero attached hydrogens (tertiary/aromatic N) is 2. The predicted molar refractivity (Wildman–Crippen MR) is 125 cm³/mol. The van der Waals surface area contributed by atoms with Crippen LogP contribution < -0.4 is 16.0 Å². The molecule has 0 aliphatic heterocycles. The third kappa shape index (κ3) is 4.87. The Morgan fingerprint density at radius 3 is 2.18 bits per heavy atom. The van der Waals surface area contributed by atoms with E-state index in [-0.39, 0.29) is 22.4 Å². The number of aryl methyl sites for hydroxylation is 1. The minimum absolute atomic E-state index is 0.0919. The Labute approximate surface area is 190 Å². The lowest BCUT2D eigenvalue weighted by atomic mass is 9.97. The quantitative estimate of drug-likeness (QED) is 0.324. The van der Waals surface area contributed by atoms with Crippen LogP contribution in [0.4, 0.5) is 17.1 Å². The Morgan fingerprint density at radius 2 is 1.61 bits per heavy atom. The summed E-state index contributed by atoms with van der Waals surface area (Å²) in [5.74, 6) is -1.63. The molecule has 0 aliphatic rings. The summed E-state index contributed by atoms with van der Waals surface area (Å²) in [6, 6.07) is 15.1. The van der Waals surface area contributed by atoms with E-state index in [1.54, 1.807) is 50.2 Å². The van der Waals surface area contributed by atoms with Crippen LogP contribution in [-0.4, -0.2) is 36.6 Å². The molecule has 3 rings (SSSR count).